The Balaban J connectivity index is -0.000000202. The van der Waals surface area contributed by atoms with Gasteiger partial charge in [0.05, 0.1) is 0 Å². The molecule has 0 saturated carbocycles. The van der Waals surface area contributed by atoms with Gasteiger partial charge in [-0.15, -0.1) is 74.4 Å². The number of halogens is 6. The van der Waals surface area contributed by atoms with E-state index in [0.717, 1.165) is 78.5 Å². The van der Waals surface area contributed by atoms with Gasteiger partial charge in [0.15, 0.2) is 0 Å². The van der Waals surface area contributed by atoms with Gasteiger partial charge in [-0.3, -0.25) is 0 Å². The number of hydrogen-bond donors (Lipinski definition) is 6. The molecule has 0 aliphatic carbocycles. The van der Waals surface area contributed by atoms with E-state index in [2.05, 4.69) is 31.9 Å². The van der Waals surface area contributed by atoms with Crippen molar-refractivity contribution in [2.24, 2.45) is 0 Å². The number of rotatable bonds is 0. The van der Waals surface area contributed by atoms with Gasteiger partial charge in [0, 0.05) is 52.4 Å². The van der Waals surface area contributed by atoms with E-state index >= 15 is 0 Å². The first kappa shape index (κ1) is 43.4. The second-order valence-corrected chi connectivity index (χ2v) is 5.91. The molecule has 1 aliphatic rings. The molecule has 0 aromatic carbocycles. The Morgan fingerprint density at radius 2 is 0.357 bits per heavy atom. The van der Waals surface area contributed by atoms with Crippen molar-refractivity contribution in [3.05, 3.63) is 0 Å². The van der Waals surface area contributed by atoms with Gasteiger partial charge in [0.1, 0.15) is 0 Å². The molecule has 0 aromatic rings. The molecule has 12 heteroatoms. The Labute approximate surface area is 209 Å². The van der Waals surface area contributed by atoms with Crippen molar-refractivity contribution in [2.45, 2.75) is 25.7 Å². The summed E-state index contributed by atoms with van der Waals surface area (Å²) < 4.78 is 0. The van der Waals surface area contributed by atoms with Gasteiger partial charge < -0.3 is 31.9 Å². The van der Waals surface area contributed by atoms with Crippen molar-refractivity contribution in [1.82, 2.24) is 31.9 Å². The standard InChI is InChI=1S/C16H38N6.6ClH/c1-2-6-18-10-14-22-16-12-20-8-4-3-7-19-11-15-21-13-9-17-5-1;;;;;;/h17-22H,1-16H2;6*1H. The Morgan fingerprint density at radius 1 is 0.214 bits per heavy atom. The molecule has 6 nitrogen and oxygen atoms in total. The van der Waals surface area contributed by atoms with E-state index in [-0.39, 0.29) is 74.4 Å². The van der Waals surface area contributed by atoms with Gasteiger partial charge >= 0.3 is 0 Å². The summed E-state index contributed by atoms with van der Waals surface area (Å²) in [6, 6.07) is 0. The molecule has 1 aliphatic heterocycles. The minimum atomic E-state index is 0. The second-order valence-electron chi connectivity index (χ2n) is 5.91. The van der Waals surface area contributed by atoms with Crippen molar-refractivity contribution < 1.29 is 0 Å². The highest BCUT2D eigenvalue weighted by Gasteiger charge is 1.93. The first-order valence-corrected chi connectivity index (χ1v) is 9.24. The van der Waals surface area contributed by atoms with Crippen LogP contribution < -0.4 is 31.9 Å². The van der Waals surface area contributed by atoms with Crippen LogP contribution in [0.3, 0.4) is 0 Å². The van der Waals surface area contributed by atoms with Gasteiger partial charge in [0.25, 0.3) is 0 Å². The van der Waals surface area contributed by atoms with E-state index in [9.17, 15) is 0 Å². The summed E-state index contributed by atoms with van der Waals surface area (Å²) >= 11 is 0. The largest absolute Gasteiger partial charge is 0.315 e. The van der Waals surface area contributed by atoms with Crippen LogP contribution >= 0.6 is 74.4 Å². The van der Waals surface area contributed by atoms with Crippen molar-refractivity contribution in [2.75, 3.05) is 78.5 Å². The van der Waals surface area contributed by atoms with Crippen LogP contribution in [0.2, 0.25) is 0 Å². The summed E-state index contributed by atoms with van der Waals surface area (Å²) in [4.78, 5) is 0. The third-order valence-corrected chi connectivity index (χ3v) is 3.83. The molecular weight excluding hydrogens is 489 g/mol. The van der Waals surface area contributed by atoms with E-state index in [1.807, 2.05) is 0 Å². The Morgan fingerprint density at radius 3 is 0.536 bits per heavy atom. The van der Waals surface area contributed by atoms with Crippen LogP contribution in [0.4, 0.5) is 0 Å². The van der Waals surface area contributed by atoms with Gasteiger partial charge in [-0.1, -0.05) is 0 Å². The summed E-state index contributed by atoms with van der Waals surface area (Å²) in [5.41, 5.74) is 0. The summed E-state index contributed by atoms with van der Waals surface area (Å²) in [6.45, 7) is 13.1. The lowest BCUT2D eigenvalue weighted by molar-refractivity contribution is 0.529. The minimum absolute atomic E-state index is 0. The van der Waals surface area contributed by atoms with Gasteiger partial charge in [-0.2, -0.15) is 0 Å². The highest BCUT2D eigenvalue weighted by Crippen LogP contribution is 1.85. The lowest BCUT2D eigenvalue weighted by atomic mass is 10.3. The van der Waals surface area contributed by atoms with Crippen LogP contribution in [0.1, 0.15) is 25.7 Å². The molecule has 0 amide bonds. The Hall–Kier alpha value is 1.50. The second kappa shape index (κ2) is 39.0. The predicted octanol–water partition coefficient (Wildman–Crippen LogP) is 1.63. The molecule has 28 heavy (non-hydrogen) atoms. The van der Waals surface area contributed by atoms with Crippen LogP contribution in [0, 0.1) is 0 Å². The molecule has 6 N–H and O–H groups in total. The summed E-state index contributed by atoms with van der Waals surface area (Å²) in [5, 5.41) is 20.9. The maximum atomic E-state index is 3.49. The third kappa shape index (κ3) is 35.0. The summed E-state index contributed by atoms with van der Waals surface area (Å²) in [7, 11) is 0. The predicted molar refractivity (Wildman–Crippen MR) is 139 cm³/mol. The van der Waals surface area contributed by atoms with Gasteiger partial charge in [-0.05, 0) is 51.9 Å². The minimum Gasteiger partial charge on any atom is -0.315 e. The number of nitrogens with one attached hydrogen (secondary N) is 6. The van der Waals surface area contributed by atoms with E-state index < -0.39 is 0 Å². The van der Waals surface area contributed by atoms with Crippen molar-refractivity contribution in [3.63, 3.8) is 0 Å². The highest BCUT2D eigenvalue weighted by atomic mass is 35.5. The fourth-order valence-corrected chi connectivity index (χ4v) is 2.46. The third-order valence-electron chi connectivity index (χ3n) is 3.83. The van der Waals surface area contributed by atoms with E-state index in [4.69, 9.17) is 0 Å². The molecule has 0 atom stereocenters. The fourth-order valence-electron chi connectivity index (χ4n) is 2.46. The maximum absolute atomic E-state index is 3.49. The molecule has 0 radical (unpaired) electrons. The van der Waals surface area contributed by atoms with Crippen LogP contribution in [0.15, 0.2) is 0 Å². The summed E-state index contributed by atoms with van der Waals surface area (Å²) in [6.07, 6.45) is 5.02. The topological polar surface area (TPSA) is 72.2 Å². The van der Waals surface area contributed by atoms with Crippen molar-refractivity contribution in [1.29, 1.82) is 0 Å². The van der Waals surface area contributed by atoms with Crippen LogP contribution in [0.25, 0.3) is 0 Å². The average molecular weight is 533 g/mol. The molecule has 0 aromatic heterocycles. The first-order valence-electron chi connectivity index (χ1n) is 9.24. The van der Waals surface area contributed by atoms with Gasteiger partial charge in [-0.25, -0.2) is 0 Å². The first-order chi connectivity index (χ1) is 11.0. The molecule has 180 valence electrons. The van der Waals surface area contributed by atoms with Crippen LogP contribution in [-0.4, -0.2) is 78.5 Å². The van der Waals surface area contributed by atoms with E-state index in [1.165, 1.54) is 25.7 Å². The summed E-state index contributed by atoms with van der Waals surface area (Å²) in [5.74, 6) is 0. The molecule has 0 bridgehead atoms. The molecule has 0 spiro atoms. The zero-order valence-electron chi connectivity index (χ0n) is 16.8. The van der Waals surface area contributed by atoms with Crippen molar-refractivity contribution >= 4 is 74.4 Å². The molecule has 0 unspecified atom stereocenters. The quantitative estimate of drug-likeness (QED) is 0.285. The Bertz CT molecular complexity index is 138. The molecule has 1 heterocycles. The SMILES string of the molecule is C1CCNCCNCCNCCCCNCCNCCNC1.Cl.Cl.Cl.Cl.Cl.Cl. The van der Waals surface area contributed by atoms with Crippen molar-refractivity contribution in [3.8, 4) is 0 Å². The molecule has 1 fully saturated rings. The normalized spacial score (nSPS) is 18.9. The molecule has 1 saturated heterocycles. The molecule has 1 rings (SSSR count). The number of hydrogen-bond acceptors (Lipinski definition) is 6. The van der Waals surface area contributed by atoms with Crippen LogP contribution in [0.5, 0.6) is 0 Å². The smallest absolute Gasteiger partial charge is 0.00772 e. The maximum Gasteiger partial charge on any atom is 0.00772 e. The van der Waals surface area contributed by atoms with Crippen LogP contribution in [-0.2, 0) is 0 Å². The van der Waals surface area contributed by atoms with E-state index in [0.29, 0.717) is 0 Å². The zero-order chi connectivity index (χ0) is 15.6. The van der Waals surface area contributed by atoms with E-state index in [1.54, 1.807) is 0 Å². The Kier molecular flexibility index (Phi) is 60.5. The molecular formula is C16H44Cl6N6. The fraction of sp³-hybridized carbons (Fsp3) is 1.00. The highest BCUT2D eigenvalue weighted by molar-refractivity contribution is 5.86. The monoisotopic (exact) mass is 530 g/mol. The lowest BCUT2D eigenvalue weighted by Gasteiger charge is -2.10. The zero-order valence-corrected chi connectivity index (χ0v) is 21.7. The lowest BCUT2D eigenvalue weighted by Crippen LogP contribution is -2.34. The van der Waals surface area contributed by atoms with Gasteiger partial charge in [0.2, 0.25) is 0 Å². The average Bonchev–Trinajstić information content (AvgIpc) is 2.53.